The molecule has 1 amide bonds. The number of carbonyl (C=O) groups excluding carboxylic acids is 1. The number of hydrogen-bond acceptors (Lipinski definition) is 7. The van der Waals surface area contributed by atoms with Crippen molar-refractivity contribution in [2.24, 2.45) is 0 Å². The van der Waals surface area contributed by atoms with E-state index in [2.05, 4.69) is 20.5 Å². The second-order valence-corrected chi connectivity index (χ2v) is 9.04. The lowest BCUT2D eigenvalue weighted by atomic mass is 10.3. The molecule has 0 bridgehead atoms. The van der Waals surface area contributed by atoms with Gasteiger partial charge in [-0.2, -0.15) is 0 Å². The van der Waals surface area contributed by atoms with Crippen molar-refractivity contribution in [1.29, 1.82) is 0 Å². The Morgan fingerprint density at radius 2 is 1.94 bits per heavy atom. The number of thioether (sulfide) groups is 1. The number of anilines is 1. The molecule has 1 N–H and O–H groups in total. The fraction of sp³-hybridized carbons (Fsp3) is 0.182. The monoisotopic (exact) mass is 485 g/mol. The Morgan fingerprint density at radius 1 is 1.19 bits per heavy atom. The van der Waals surface area contributed by atoms with Gasteiger partial charge in [-0.25, -0.2) is 4.98 Å². The summed E-state index contributed by atoms with van der Waals surface area (Å²) in [5.74, 6) is 1.18. The maximum atomic E-state index is 12.4. The highest BCUT2D eigenvalue weighted by molar-refractivity contribution is 7.99. The summed E-state index contributed by atoms with van der Waals surface area (Å²) in [4.78, 5) is 16.7. The van der Waals surface area contributed by atoms with E-state index < -0.39 is 6.10 Å². The first-order chi connectivity index (χ1) is 15.5. The third-order valence-corrected chi connectivity index (χ3v) is 6.49. The van der Waals surface area contributed by atoms with E-state index in [1.807, 2.05) is 72.3 Å². The highest BCUT2D eigenvalue weighted by Crippen LogP contribution is 2.31. The lowest BCUT2D eigenvalue weighted by Crippen LogP contribution is -2.15. The predicted molar refractivity (Wildman–Crippen MR) is 128 cm³/mol. The highest BCUT2D eigenvalue weighted by atomic mass is 35.5. The normalized spacial score (nSPS) is 11.8. The number of para-hydroxylation sites is 2. The van der Waals surface area contributed by atoms with Gasteiger partial charge in [0, 0.05) is 11.1 Å². The quantitative estimate of drug-likeness (QED) is 0.329. The second-order valence-electron chi connectivity index (χ2n) is 6.83. The van der Waals surface area contributed by atoms with E-state index in [9.17, 15) is 4.79 Å². The van der Waals surface area contributed by atoms with Crippen LogP contribution in [0.1, 0.15) is 24.5 Å². The summed E-state index contributed by atoms with van der Waals surface area (Å²) in [5.41, 5.74) is 1.75. The first kappa shape index (κ1) is 22.3. The summed E-state index contributed by atoms with van der Waals surface area (Å²) in [6, 6.07) is 17.0. The molecule has 0 aliphatic heterocycles. The lowest BCUT2D eigenvalue weighted by Gasteiger charge is -2.17. The average molecular weight is 486 g/mol. The molecule has 2 heterocycles. The molecule has 164 valence electrons. The van der Waals surface area contributed by atoms with Crippen LogP contribution >= 0.6 is 34.7 Å². The number of hydrogen-bond donors (Lipinski definition) is 1. The minimum atomic E-state index is -0.427. The molecule has 0 aliphatic rings. The number of halogens is 1. The van der Waals surface area contributed by atoms with Crippen LogP contribution in [0.2, 0.25) is 5.02 Å². The fourth-order valence-corrected chi connectivity index (χ4v) is 4.58. The van der Waals surface area contributed by atoms with Gasteiger partial charge in [0.05, 0.1) is 16.5 Å². The van der Waals surface area contributed by atoms with Gasteiger partial charge >= 0.3 is 0 Å². The number of carbonyl (C=O) groups is 1. The zero-order valence-electron chi connectivity index (χ0n) is 17.4. The van der Waals surface area contributed by atoms with Crippen LogP contribution < -0.4 is 10.1 Å². The summed E-state index contributed by atoms with van der Waals surface area (Å²) in [6.45, 7) is 3.77. The third kappa shape index (κ3) is 5.29. The van der Waals surface area contributed by atoms with Crippen molar-refractivity contribution < 1.29 is 9.53 Å². The first-order valence-electron chi connectivity index (χ1n) is 9.78. The number of aryl methyl sites for hydroxylation is 1. The van der Waals surface area contributed by atoms with Crippen molar-refractivity contribution >= 4 is 45.7 Å². The molecule has 0 spiro atoms. The maximum absolute atomic E-state index is 12.4. The van der Waals surface area contributed by atoms with Crippen LogP contribution in [-0.4, -0.2) is 31.4 Å². The van der Waals surface area contributed by atoms with Crippen LogP contribution in [0.4, 0.5) is 5.13 Å². The van der Waals surface area contributed by atoms with E-state index in [0.29, 0.717) is 26.9 Å². The van der Waals surface area contributed by atoms with Gasteiger partial charge in [-0.15, -0.1) is 21.5 Å². The van der Waals surface area contributed by atoms with Crippen molar-refractivity contribution in [2.45, 2.75) is 25.1 Å². The number of rotatable bonds is 8. The van der Waals surface area contributed by atoms with Gasteiger partial charge in [-0.05, 0) is 38.1 Å². The van der Waals surface area contributed by atoms with E-state index in [4.69, 9.17) is 16.3 Å². The van der Waals surface area contributed by atoms with Crippen molar-refractivity contribution in [3.8, 4) is 11.4 Å². The summed E-state index contributed by atoms with van der Waals surface area (Å²) >= 11 is 8.94. The zero-order chi connectivity index (χ0) is 22.5. The molecule has 0 fully saturated rings. The number of amides is 1. The number of aromatic nitrogens is 4. The number of benzene rings is 2. The minimum absolute atomic E-state index is 0.158. The van der Waals surface area contributed by atoms with Crippen molar-refractivity contribution in [2.75, 3.05) is 11.1 Å². The summed E-state index contributed by atoms with van der Waals surface area (Å²) in [7, 11) is 0. The Bertz CT molecular complexity index is 1210. The number of nitrogens with zero attached hydrogens (tertiary/aromatic N) is 4. The van der Waals surface area contributed by atoms with Crippen LogP contribution in [0.5, 0.6) is 5.75 Å². The number of nitrogens with one attached hydrogen (secondary N) is 1. The van der Waals surface area contributed by atoms with E-state index in [0.717, 1.165) is 11.4 Å². The Balaban J connectivity index is 1.55. The van der Waals surface area contributed by atoms with Crippen LogP contribution in [-0.2, 0) is 4.79 Å². The molecule has 10 heteroatoms. The SMILES string of the molecule is Cc1csc(NC(=O)CSc2nnc(C(C)Oc3ccccc3Cl)n2-c2ccccc2)n1. The Labute approximate surface area is 198 Å². The van der Waals surface area contributed by atoms with E-state index in [1.54, 1.807) is 6.07 Å². The highest BCUT2D eigenvalue weighted by Gasteiger charge is 2.22. The molecule has 0 saturated carbocycles. The topological polar surface area (TPSA) is 81.9 Å². The van der Waals surface area contributed by atoms with Crippen LogP contribution in [0.25, 0.3) is 5.69 Å². The standard InChI is InChI=1S/C22H20ClN5O2S2/c1-14-12-31-21(24-14)25-19(29)13-32-22-27-26-20(28(22)16-8-4-3-5-9-16)15(2)30-18-11-7-6-10-17(18)23/h3-12,15H,13H2,1-2H3,(H,24,25,29). The van der Waals surface area contributed by atoms with Crippen LogP contribution in [0, 0.1) is 6.92 Å². The first-order valence-corrected chi connectivity index (χ1v) is 12.0. The molecule has 0 saturated heterocycles. The van der Waals surface area contributed by atoms with Crippen molar-refractivity contribution in [1.82, 2.24) is 19.7 Å². The van der Waals surface area contributed by atoms with Gasteiger partial charge < -0.3 is 10.1 Å². The maximum Gasteiger partial charge on any atom is 0.236 e. The van der Waals surface area contributed by atoms with Crippen LogP contribution in [0.15, 0.2) is 65.1 Å². The van der Waals surface area contributed by atoms with Gasteiger partial charge in [0.1, 0.15) is 5.75 Å². The Kier molecular flexibility index (Phi) is 7.09. The average Bonchev–Trinajstić information content (AvgIpc) is 3.40. The van der Waals surface area contributed by atoms with E-state index in [-0.39, 0.29) is 11.7 Å². The lowest BCUT2D eigenvalue weighted by molar-refractivity contribution is -0.113. The molecular weight excluding hydrogens is 466 g/mol. The molecule has 0 aliphatic carbocycles. The van der Waals surface area contributed by atoms with Gasteiger partial charge in [0.25, 0.3) is 0 Å². The molecule has 2 aromatic heterocycles. The smallest absolute Gasteiger partial charge is 0.236 e. The van der Waals surface area contributed by atoms with Crippen LogP contribution in [0.3, 0.4) is 0 Å². The van der Waals surface area contributed by atoms with E-state index in [1.165, 1.54) is 23.1 Å². The van der Waals surface area contributed by atoms with E-state index >= 15 is 0 Å². The molecule has 7 nitrogen and oxygen atoms in total. The summed E-state index contributed by atoms with van der Waals surface area (Å²) < 4.78 is 7.96. The molecule has 0 radical (unpaired) electrons. The number of ether oxygens (including phenoxy) is 1. The van der Waals surface area contributed by atoms with Gasteiger partial charge in [0.2, 0.25) is 5.91 Å². The fourth-order valence-electron chi connectivity index (χ4n) is 2.94. The molecular formula is C22H20ClN5O2S2. The van der Waals surface area contributed by atoms with Crippen molar-refractivity contribution in [3.05, 3.63) is 76.5 Å². The van der Waals surface area contributed by atoms with Gasteiger partial charge in [0.15, 0.2) is 22.2 Å². The minimum Gasteiger partial charge on any atom is -0.481 e. The molecule has 1 unspecified atom stereocenters. The summed E-state index contributed by atoms with van der Waals surface area (Å²) in [5, 5.41) is 15.1. The Hall–Kier alpha value is -2.88. The molecule has 4 rings (SSSR count). The molecule has 32 heavy (non-hydrogen) atoms. The zero-order valence-corrected chi connectivity index (χ0v) is 19.7. The summed E-state index contributed by atoms with van der Waals surface area (Å²) in [6.07, 6.45) is -0.427. The molecule has 1 atom stereocenters. The second kappa shape index (κ2) is 10.2. The third-order valence-electron chi connectivity index (χ3n) is 4.37. The number of thiazole rings is 1. The largest absolute Gasteiger partial charge is 0.481 e. The molecule has 2 aromatic carbocycles. The molecule has 4 aromatic rings. The van der Waals surface area contributed by atoms with Crippen molar-refractivity contribution in [3.63, 3.8) is 0 Å². The predicted octanol–water partition coefficient (Wildman–Crippen LogP) is 5.56. The van der Waals surface area contributed by atoms with Gasteiger partial charge in [-0.1, -0.05) is 53.7 Å². The van der Waals surface area contributed by atoms with Gasteiger partial charge in [-0.3, -0.25) is 9.36 Å². The Morgan fingerprint density at radius 3 is 2.66 bits per heavy atom.